The van der Waals surface area contributed by atoms with Crippen molar-refractivity contribution < 1.29 is 9.47 Å². The Labute approximate surface area is 166 Å². The lowest BCUT2D eigenvalue weighted by Crippen LogP contribution is -2.72. The monoisotopic (exact) mass is 388 g/mol. The van der Waals surface area contributed by atoms with Gasteiger partial charge in [-0.3, -0.25) is 0 Å². The van der Waals surface area contributed by atoms with Gasteiger partial charge < -0.3 is 24.7 Å². The third-order valence-electron chi connectivity index (χ3n) is 7.41. The molecule has 2 aliphatic carbocycles. The van der Waals surface area contributed by atoms with Crippen LogP contribution in [0.3, 0.4) is 0 Å². The third-order valence-corrected chi connectivity index (χ3v) is 7.41. The van der Waals surface area contributed by atoms with Crippen molar-refractivity contribution in [2.75, 3.05) is 19.8 Å². The van der Waals surface area contributed by atoms with E-state index in [4.69, 9.17) is 14.5 Å². The van der Waals surface area contributed by atoms with Gasteiger partial charge in [-0.25, -0.2) is 4.99 Å². The SMILES string of the molecule is Cc1nnc(CN=C(NCC2CCCO2)NC2C3CCOC3C23CCC3)n1C. The average Bonchev–Trinajstić information content (AvgIpc) is 3.37. The second-order valence-corrected chi connectivity index (χ2v) is 8.86. The molecule has 4 aliphatic rings. The van der Waals surface area contributed by atoms with E-state index in [9.17, 15) is 0 Å². The first-order valence-corrected chi connectivity index (χ1v) is 10.8. The van der Waals surface area contributed by atoms with Crippen molar-refractivity contribution in [3.63, 3.8) is 0 Å². The highest BCUT2D eigenvalue weighted by Gasteiger charge is 2.66. The zero-order chi connectivity index (χ0) is 19.1. The highest BCUT2D eigenvalue weighted by Crippen LogP contribution is 2.62. The summed E-state index contributed by atoms with van der Waals surface area (Å²) in [5.74, 6) is 3.28. The number of guanidine groups is 1. The summed E-state index contributed by atoms with van der Waals surface area (Å²) in [6.45, 7) is 5.06. The molecule has 1 aromatic heterocycles. The zero-order valence-electron chi connectivity index (χ0n) is 17.0. The van der Waals surface area contributed by atoms with E-state index in [1.807, 2.05) is 18.5 Å². The predicted octanol–water partition coefficient (Wildman–Crippen LogP) is 1.30. The molecule has 0 amide bonds. The summed E-state index contributed by atoms with van der Waals surface area (Å²) < 4.78 is 13.9. The summed E-state index contributed by atoms with van der Waals surface area (Å²) in [6, 6.07) is 0.464. The lowest BCUT2D eigenvalue weighted by Gasteiger charge is -2.63. The van der Waals surface area contributed by atoms with Crippen molar-refractivity contribution in [2.24, 2.45) is 23.4 Å². The van der Waals surface area contributed by atoms with Gasteiger partial charge in [0.2, 0.25) is 0 Å². The van der Waals surface area contributed by atoms with Gasteiger partial charge in [0.25, 0.3) is 0 Å². The molecule has 2 N–H and O–H groups in total. The minimum atomic E-state index is 0.283. The summed E-state index contributed by atoms with van der Waals surface area (Å²) in [7, 11) is 1.99. The Kier molecular flexibility index (Phi) is 4.79. The Morgan fingerprint density at radius 3 is 2.79 bits per heavy atom. The number of aromatic nitrogens is 3. The summed E-state index contributed by atoms with van der Waals surface area (Å²) in [6.07, 6.45) is 8.03. The number of nitrogens with zero attached hydrogens (tertiary/aromatic N) is 4. The van der Waals surface area contributed by atoms with E-state index in [-0.39, 0.29) is 6.10 Å². The summed E-state index contributed by atoms with van der Waals surface area (Å²) in [5, 5.41) is 15.7. The van der Waals surface area contributed by atoms with Gasteiger partial charge in [0, 0.05) is 44.2 Å². The number of fused-ring (bicyclic) bond motifs is 2. The Bertz CT molecular complexity index is 737. The second-order valence-electron chi connectivity index (χ2n) is 8.86. The van der Waals surface area contributed by atoms with Crippen LogP contribution in [0.25, 0.3) is 0 Å². The number of nitrogens with one attached hydrogen (secondary N) is 2. The Balaban J connectivity index is 1.30. The molecule has 0 aromatic carbocycles. The van der Waals surface area contributed by atoms with Crippen LogP contribution in [0.1, 0.15) is 50.2 Å². The van der Waals surface area contributed by atoms with E-state index < -0.39 is 0 Å². The van der Waals surface area contributed by atoms with Crippen LogP contribution in [0.5, 0.6) is 0 Å². The van der Waals surface area contributed by atoms with E-state index in [2.05, 4.69) is 20.8 Å². The largest absolute Gasteiger partial charge is 0.377 e. The third kappa shape index (κ3) is 3.01. The van der Waals surface area contributed by atoms with Crippen LogP contribution in [0.4, 0.5) is 0 Å². The van der Waals surface area contributed by atoms with Gasteiger partial charge in [0.05, 0.1) is 12.2 Å². The molecule has 8 heteroatoms. The molecule has 0 bridgehead atoms. The normalized spacial score (nSPS) is 33.4. The van der Waals surface area contributed by atoms with Crippen LogP contribution in [-0.2, 0) is 23.1 Å². The first-order chi connectivity index (χ1) is 13.7. The minimum Gasteiger partial charge on any atom is -0.377 e. The summed E-state index contributed by atoms with van der Waals surface area (Å²) >= 11 is 0. The maximum Gasteiger partial charge on any atom is 0.192 e. The standard InChI is InChI=1S/C20H32N6O2/c1-13-24-25-16(26(13)2)12-22-19(21-11-14-5-3-9-27-14)23-17-15-6-10-28-18(15)20(17)7-4-8-20/h14-15,17-18H,3-12H2,1-2H3,(H2,21,22,23). The van der Waals surface area contributed by atoms with Gasteiger partial charge in [-0.05, 0) is 39.0 Å². The van der Waals surface area contributed by atoms with Crippen molar-refractivity contribution >= 4 is 5.96 Å². The quantitative estimate of drug-likeness (QED) is 0.584. The topological polar surface area (TPSA) is 85.6 Å². The fourth-order valence-electron chi connectivity index (χ4n) is 5.51. The van der Waals surface area contributed by atoms with Crippen LogP contribution in [0.2, 0.25) is 0 Å². The first-order valence-electron chi connectivity index (χ1n) is 10.8. The molecule has 8 nitrogen and oxygen atoms in total. The minimum absolute atomic E-state index is 0.283. The Hall–Kier alpha value is -1.67. The number of hydrogen-bond donors (Lipinski definition) is 2. The van der Waals surface area contributed by atoms with Crippen LogP contribution >= 0.6 is 0 Å². The fraction of sp³-hybridized carbons (Fsp3) is 0.850. The van der Waals surface area contributed by atoms with Crippen LogP contribution < -0.4 is 10.6 Å². The van der Waals surface area contributed by atoms with Crippen molar-refractivity contribution in [1.82, 2.24) is 25.4 Å². The molecular formula is C20H32N6O2. The molecule has 5 rings (SSSR count). The Morgan fingerprint density at radius 1 is 1.21 bits per heavy atom. The molecule has 154 valence electrons. The molecule has 2 aliphatic heterocycles. The molecule has 4 fully saturated rings. The average molecular weight is 389 g/mol. The maximum absolute atomic E-state index is 6.07. The molecule has 1 spiro atoms. The zero-order valence-corrected chi connectivity index (χ0v) is 17.0. The molecule has 1 aromatic rings. The lowest BCUT2D eigenvalue weighted by atomic mass is 9.46. The number of aliphatic imine (C=N–C) groups is 1. The van der Waals surface area contributed by atoms with E-state index in [1.54, 1.807) is 0 Å². The predicted molar refractivity (Wildman–Crippen MR) is 105 cm³/mol. The van der Waals surface area contributed by atoms with Crippen LogP contribution in [-0.4, -0.2) is 58.7 Å². The fourth-order valence-corrected chi connectivity index (χ4v) is 5.51. The van der Waals surface area contributed by atoms with Crippen LogP contribution in [0.15, 0.2) is 4.99 Å². The Morgan fingerprint density at radius 2 is 2.11 bits per heavy atom. The first kappa shape index (κ1) is 18.4. The van der Waals surface area contributed by atoms with Gasteiger partial charge >= 0.3 is 0 Å². The molecule has 2 saturated carbocycles. The maximum atomic E-state index is 6.07. The number of ether oxygens (including phenoxy) is 2. The summed E-state index contributed by atoms with van der Waals surface area (Å²) in [5.41, 5.74) is 0.328. The van der Waals surface area contributed by atoms with E-state index >= 15 is 0 Å². The van der Waals surface area contributed by atoms with Gasteiger partial charge in [-0.15, -0.1) is 10.2 Å². The number of aryl methyl sites for hydroxylation is 1. The van der Waals surface area contributed by atoms with Crippen molar-refractivity contribution in [3.05, 3.63) is 11.6 Å². The van der Waals surface area contributed by atoms with Crippen molar-refractivity contribution in [1.29, 1.82) is 0 Å². The van der Waals surface area contributed by atoms with Gasteiger partial charge in [0.15, 0.2) is 11.8 Å². The van der Waals surface area contributed by atoms with Gasteiger partial charge in [-0.2, -0.15) is 0 Å². The second kappa shape index (κ2) is 7.30. The molecule has 3 heterocycles. The highest BCUT2D eigenvalue weighted by molar-refractivity contribution is 5.80. The molecule has 4 atom stereocenters. The highest BCUT2D eigenvalue weighted by atomic mass is 16.5. The molecule has 28 heavy (non-hydrogen) atoms. The van der Waals surface area contributed by atoms with Crippen molar-refractivity contribution in [2.45, 2.75) is 70.2 Å². The van der Waals surface area contributed by atoms with E-state index in [1.165, 1.54) is 19.3 Å². The molecular weight excluding hydrogens is 356 g/mol. The van der Waals surface area contributed by atoms with Gasteiger partial charge in [-0.1, -0.05) is 6.42 Å². The lowest BCUT2D eigenvalue weighted by molar-refractivity contribution is -0.171. The van der Waals surface area contributed by atoms with Crippen molar-refractivity contribution in [3.8, 4) is 0 Å². The molecule has 2 saturated heterocycles. The molecule has 4 unspecified atom stereocenters. The van der Waals surface area contributed by atoms with E-state index in [0.717, 1.165) is 56.6 Å². The van der Waals surface area contributed by atoms with E-state index in [0.29, 0.717) is 30.0 Å². The molecule has 0 radical (unpaired) electrons. The smallest absolute Gasteiger partial charge is 0.192 e. The van der Waals surface area contributed by atoms with Crippen LogP contribution in [0, 0.1) is 18.3 Å². The summed E-state index contributed by atoms with van der Waals surface area (Å²) in [4.78, 5) is 4.86. The van der Waals surface area contributed by atoms with Gasteiger partial charge in [0.1, 0.15) is 12.4 Å². The number of hydrogen-bond acceptors (Lipinski definition) is 5. The number of rotatable bonds is 5.